The quantitative estimate of drug-likeness (QED) is 0.756. The minimum Gasteiger partial charge on any atom is -0.378 e. The third-order valence-corrected chi connectivity index (χ3v) is 4.33. The topological polar surface area (TPSA) is 42.7 Å². The van der Waals surface area contributed by atoms with E-state index in [4.69, 9.17) is 0 Å². The molecule has 0 radical (unpaired) electrons. The second-order valence-electron chi connectivity index (χ2n) is 4.84. The van der Waals surface area contributed by atoms with Gasteiger partial charge >= 0.3 is 0 Å². The maximum absolute atomic E-state index is 4.39. The molecular weight excluding hydrogens is 280 g/mol. The molecule has 5 heteroatoms. The van der Waals surface area contributed by atoms with E-state index >= 15 is 0 Å². The van der Waals surface area contributed by atoms with Crippen molar-refractivity contribution in [3.63, 3.8) is 0 Å². The lowest BCUT2D eigenvalue weighted by molar-refractivity contribution is 0.687. The van der Waals surface area contributed by atoms with Gasteiger partial charge in [-0.05, 0) is 12.0 Å². The van der Waals surface area contributed by atoms with Gasteiger partial charge in [0.05, 0.1) is 30.0 Å². The molecule has 0 saturated heterocycles. The number of anilines is 1. The number of nitrogens with one attached hydrogen (secondary N) is 1. The average molecular weight is 298 g/mol. The summed E-state index contributed by atoms with van der Waals surface area (Å²) in [7, 11) is 0. The molecule has 0 aliphatic rings. The lowest BCUT2D eigenvalue weighted by atomic mass is 10.2. The van der Waals surface area contributed by atoms with Crippen LogP contribution in [0.25, 0.3) is 0 Å². The van der Waals surface area contributed by atoms with E-state index in [0.29, 0.717) is 0 Å². The van der Waals surface area contributed by atoms with E-state index in [0.717, 1.165) is 25.2 Å². The molecule has 1 aromatic carbocycles. The number of hydrogen-bond donors (Lipinski definition) is 1. The fraction of sp³-hybridized carbons (Fsp3) is 0.250. The van der Waals surface area contributed by atoms with Crippen LogP contribution in [0.1, 0.15) is 22.4 Å². The highest BCUT2D eigenvalue weighted by molar-refractivity contribution is 7.11. The average Bonchev–Trinajstić information content (AvgIpc) is 3.15. The van der Waals surface area contributed by atoms with Crippen LogP contribution in [0.3, 0.4) is 0 Å². The molecule has 0 aliphatic heterocycles. The predicted octanol–water partition coefficient (Wildman–Crippen LogP) is 3.56. The van der Waals surface area contributed by atoms with Crippen LogP contribution in [0, 0.1) is 0 Å². The third kappa shape index (κ3) is 3.70. The summed E-state index contributed by atoms with van der Waals surface area (Å²) in [6.07, 6.45) is 6.85. The zero-order chi connectivity index (χ0) is 14.5. The molecule has 0 saturated carbocycles. The summed E-state index contributed by atoms with van der Waals surface area (Å²) in [6.45, 7) is 3.72. The Hall–Kier alpha value is -2.14. The number of aryl methyl sites for hydroxylation is 1. The normalized spacial score (nSPS) is 10.7. The smallest absolute Gasteiger partial charge is 0.0925 e. The second kappa shape index (κ2) is 6.54. The van der Waals surface area contributed by atoms with Gasteiger partial charge in [0.1, 0.15) is 0 Å². The van der Waals surface area contributed by atoms with Crippen LogP contribution in [0.4, 0.5) is 5.69 Å². The molecule has 0 spiro atoms. The lowest BCUT2D eigenvalue weighted by Crippen LogP contribution is -2.00. The molecule has 0 fully saturated rings. The van der Waals surface area contributed by atoms with Crippen molar-refractivity contribution in [2.75, 3.05) is 5.32 Å². The summed E-state index contributed by atoms with van der Waals surface area (Å²) in [5, 5.41) is 8.97. The van der Waals surface area contributed by atoms with Gasteiger partial charge in [-0.25, -0.2) is 4.98 Å². The van der Waals surface area contributed by atoms with E-state index < -0.39 is 0 Å². The van der Waals surface area contributed by atoms with Crippen molar-refractivity contribution < 1.29 is 0 Å². The molecule has 0 aliphatic carbocycles. The van der Waals surface area contributed by atoms with Gasteiger partial charge in [-0.3, -0.25) is 4.68 Å². The predicted molar refractivity (Wildman–Crippen MR) is 86.6 cm³/mol. The van der Waals surface area contributed by atoms with Gasteiger partial charge in [0.2, 0.25) is 0 Å². The van der Waals surface area contributed by atoms with E-state index in [-0.39, 0.29) is 0 Å². The molecule has 21 heavy (non-hydrogen) atoms. The van der Waals surface area contributed by atoms with Crippen molar-refractivity contribution in [3.8, 4) is 0 Å². The Bertz CT molecular complexity index is 687. The molecule has 4 nitrogen and oxygen atoms in total. The van der Waals surface area contributed by atoms with Crippen molar-refractivity contribution >= 4 is 17.0 Å². The Labute approximate surface area is 128 Å². The van der Waals surface area contributed by atoms with Gasteiger partial charge < -0.3 is 5.32 Å². The molecule has 3 aromatic rings. The van der Waals surface area contributed by atoms with Crippen molar-refractivity contribution in [2.45, 2.75) is 26.4 Å². The van der Waals surface area contributed by atoms with Crippen LogP contribution in [0.5, 0.6) is 0 Å². The first-order valence-electron chi connectivity index (χ1n) is 7.07. The summed E-state index contributed by atoms with van der Waals surface area (Å²) in [5.74, 6) is 0. The van der Waals surface area contributed by atoms with Gasteiger partial charge in [-0.2, -0.15) is 5.10 Å². The fourth-order valence-corrected chi connectivity index (χ4v) is 2.90. The molecule has 3 rings (SSSR count). The van der Waals surface area contributed by atoms with Crippen LogP contribution < -0.4 is 5.32 Å². The van der Waals surface area contributed by atoms with E-state index in [1.165, 1.54) is 15.4 Å². The minimum absolute atomic E-state index is 0.795. The first-order chi connectivity index (χ1) is 10.3. The summed E-state index contributed by atoms with van der Waals surface area (Å²) in [4.78, 5) is 5.62. The number of thiazole rings is 1. The van der Waals surface area contributed by atoms with E-state index in [1.807, 2.05) is 41.5 Å². The van der Waals surface area contributed by atoms with Gasteiger partial charge in [0.15, 0.2) is 0 Å². The van der Waals surface area contributed by atoms with Crippen molar-refractivity contribution in [2.24, 2.45) is 0 Å². The van der Waals surface area contributed by atoms with Gasteiger partial charge in [-0.15, -0.1) is 11.3 Å². The standard InChI is InChI=1S/C16H18N4S/c1-2-16-18-10-15(21-16)9-17-14-8-19-20(12-14)11-13-6-4-3-5-7-13/h3-8,10,12,17H,2,9,11H2,1H3. The number of benzene rings is 1. The monoisotopic (exact) mass is 298 g/mol. The Kier molecular flexibility index (Phi) is 4.31. The Morgan fingerprint density at radius 1 is 1.19 bits per heavy atom. The summed E-state index contributed by atoms with van der Waals surface area (Å²) >= 11 is 1.76. The number of nitrogens with zero attached hydrogens (tertiary/aromatic N) is 3. The number of aromatic nitrogens is 3. The molecule has 2 aromatic heterocycles. The largest absolute Gasteiger partial charge is 0.378 e. The first kappa shape index (κ1) is 13.8. The Morgan fingerprint density at radius 2 is 2.05 bits per heavy atom. The zero-order valence-electron chi connectivity index (χ0n) is 12.0. The molecule has 0 unspecified atom stereocenters. The highest BCUT2D eigenvalue weighted by Gasteiger charge is 2.02. The van der Waals surface area contributed by atoms with E-state index in [1.54, 1.807) is 11.3 Å². The number of rotatable bonds is 6. The molecule has 0 amide bonds. The SMILES string of the molecule is CCc1ncc(CNc2cnn(Cc3ccccc3)c2)s1. The van der Waals surface area contributed by atoms with Crippen LogP contribution in [-0.4, -0.2) is 14.8 Å². The minimum atomic E-state index is 0.795. The Balaban J connectivity index is 1.57. The van der Waals surface area contributed by atoms with Crippen LogP contribution in [-0.2, 0) is 19.5 Å². The summed E-state index contributed by atoms with van der Waals surface area (Å²) in [5.41, 5.74) is 2.29. The van der Waals surface area contributed by atoms with E-state index in [2.05, 4.69) is 34.5 Å². The molecule has 2 heterocycles. The van der Waals surface area contributed by atoms with E-state index in [9.17, 15) is 0 Å². The molecular formula is C16H18N4S. The summed E-state index contributed by atoms with van der Waals surface area (Å²) < 4.78 is 1.95. The Morgan fingerprint density at radius 3 is 2.81 bits per heavy atom. The summed E-state index contributed by atoms with van der Waals surface area (Å²) in [6, 6.07) is 10.3. The van der Waals surface area contributed by atoms with Gasteiger partial charge in [0, 0.05) is 17.3 Å². The fourth-order valence-electron chi connectivity index (χ4n) is 2.09. The molecule has 108 valence electrons. The highest BCUT2D eigenvalue weighted by atomic mass is 32.1. The van der Waals surface area contributed by atoms with Crippen molar-refractivity contribution in [3.05, 3.63) is 64.4 Å². The lowest BCUT2D eigenvalue weighted by Gasteiger charge is -2.01. The first-order valence-corrected chi connectivity index (χ1v) is 7.89. The maximum Gasteiger partial charge on any atom is 0.0925 e. The second-order valence-corrected chi connectivity index (χ2v) is 6.04. The van der Waals surface area contributed by atoms with Gasteiger partial charge in [-0.1, -0.05) is 37.3 Å². The number of hydrogen-bond acceptors (Lipinski definition) is 4. The molecule has 0 bridgehead atoms. The molecule has 0 atom stereocenters. The highest BCUT2D eigenvalue weighted by Crippen LogP contribution is 2.15. The third-order valence-electron chi connectivity index (χ3n) is 3.19. The van der Waals surface area contributed by atoms with Crippen molar-refractivity contribution in [1.29, 1.82) is 0 Å². The zero-order valence-corrected chi connectivity index (χ0v) is 12.8. The van der Waals surface area contributed by atoms with Crippen molar-refractivity contribution in [1.82, 2.24) is 14.8 Å². The maximum atomic E-state index is 4.39. The molecule has 1 N–H and O–H groups in total. The van der Waals surface area contributed by atoms with Crippen LogP contribution in [0.15, 0.2) is 48.9 Å². The van der Waals surface area contributed by atoms with Gasteiger partial charge in [0.25, 0.3) is 0 Å². The van der Waals surface area contributed by atoms with Crippen LogP contribution >= 0.6 is 11.3 Å². The van der Waals surface area contributed by atoms with Crippen LogP contribution in [0.2, 0.25) is 0 Å².